The Bertz CT molecular complexity index is 740. The molecule has 0 aliphatic rings. The summed E-state index contributed by atoms with van der Waals surface area (Å²) in [5.74, 6) is -2.33. The van der Waals surface area contributed by atoms with Gasteiger partial charge in [0, 0.05) is 29.8 Å². The zero-order valence-corrected chi connectivity index (χ0v) is 14.1. The van der Waals surface area contributed by atoms with Crippen LogP contribution in [0.4, 0.5) is 8.78 Å². The molecule has 25 heavy (non-hydrogen) atoms. The number of benzene rings is 2. The summed E-state index contributed by atoms with van der Waals surface area (Å²) in [7, 11) is 0. The van der Waals surface area contributed by atoms with E-state index in [0.717, 1.165) is 24.1 Å². The quantitative estimate of drug-likeness (QED) is 0.842. The highest BCUT2D eigenvalue weighted by atomic mass is 19.1. The largest absolute Gasteiger partial charge is 0.350 e. The zero-order chi connectivity index (χ0) is 18.4. The third kappa shape index (κ3) is 5.38. The monoisotopic (exact) mass is 346 g/mol. The van der Waals surface area contributed by atoms with Gasteiger partial charge in [-0.2, -0.15) is 0 Å². The summed E-state index contributed by atoms with van der Waals surface area (Å²) in [6.07, 6.45) is 0.844. The van der Waals surface area contributed by atoms with E-state index >= 15 is 0 Å². The third-order valence-corrected chi connectivity index (χ3v) is 3.78. The molecule has 0 aliphatic carbocycles. The Morgan fingerprint density at radius 1 is 0.960 bits per heavy atom. The first-order valence-corrected chi connectivity index (χ1v) is 8.03. The smallest absolute Gasteiger partial charge is 0.251 e. The van der Waals surface area contributed by atoms with E-state index in [0.29, 0.717) is 11.6 Å². The summed E-state index contributed by atoms with van der Waals surface area (Å²) in [5.41, 5.74) is 1.22. The van der Waals surface area contributed by atoms with E-state index in [1.54, 1.807) is 24.3 Å². The molecule has 0 heterocycles. The van der Waals surface area contributed by atoms with Gasteiger partial charge in [-0.15, -0.1) is 0 Å². The maximum atomic E-state index is 13.1. The van der Waals surface area contributed by atoms with Crippen LogP contribution in [-0.4, -0.2) is 17.9 Å². The van der Waals surface area contributed by atoms with Crippen LogP contribution >= 0.6 is 0 Å². The molecule has 0 radical (unpaired) electrons. The number of rotatable bonds is 6. The minimum atomic E-state index is -0.804. The molecule has 0 bridgehead atoms. The predicted octanol–water partition coefficient (Wildman–Crippen LogP) is 3.42. The van der Waals surface area contributed by atoms with Gasteiger partial charge in [0.15, 0.2) is 0 Å². The van der Waals surface area contributed by atoms with Gasteiger partial charge in [0.25, 0.3) is 11.8 Å². The molecule has 2 N–H and O–H groups in total. The molecule has 2 aromatic carbocycles. The average molecular weight is 346 g/mol. The minimum Gasteiger partial charge on any atom is -0.350 e. The van der Waals surface area contributed by atoms with Gasteiger partial charge in [0.05, 0.1) is 0 Å². The summed E-state index contributed by atoms with van der Waals surface area (Å²) < 4.78 is 26.3. The van der Waals surface area contributed by atoms with E-state index in [-0.39, 0.29) is 24.1 Å². The lowest BCUT2D eigenvalue weighted by atomic mass is 10.1. The molecule has 0 saturated heterocycles. The molecular weight excluding hydrogens is 326 g/mol. The SMILES string of the molecule is CC[C@@H](C)NC(=O)c1ccc(CNC(=O)c2cc(F)cc(F)c2)cc1. The van der Waals surface area contributed by atoms with E-state index in [1.807, 2.05) is 13.8 Å². The Hall–Kier alpha value is -2.76. The first-order valence-electron chi connectivity index (χ1n) is 8.03. The summed E-state index contributed by atoms with van der Waals surface area (Å²) in [6.45, 7) is 4.10. The van der Waals surface area contributed by atoms with Gasteiger partial charge >= 0.3 is 0 Å². The van der Waals surface area contributed by atoms with Crippen LogP contribution in [0.1, 0.15) is 46.5 Å². The van der Waals surface area contributed by atoms with Crippen molar-refractivity contribution in [2.75, 3.05) is 0 Å². The Morgan fingerprint density at radius 3 is 2.12 bits per heavy atom. The molecule has 2 rings (SSSR count). The molecule has 0 saturated carbocycles. The fourth-order valence-electron chi connectivity index (χ4n) is 2.15. The third-order valence-electron chi connectivity index (χ3n) is 3.78. The van der Waals surface area contributed by atoms with Crippen molar-refractivity contribution in [3.8, 4) is 0 Å². The lowest BCUT2D eigenvalue weighted by Crippen LogP contribution is -2.31. The van der Waals surface area contributed by atoms with Crippen molar-refractivity contribution in [3.63, 3.8) is 0 Å². The number of carbonyl (C=O) groups is 2. The van der Waals surface area contributed by atoms with Crippen LogP contribution < -0.4 is 10.6 Å². The number of amides is 2. The standard InChI is InChI=1S/C19H20F2N2O2/c1-3-12(2)23-19(25)14-6-4-13(5-7-14)11-22-18(24)15-8-16(20)10-17(21)9-15/h4-10,12H,3,11H2,1-2H3,(H,22,24)(H,23,25)/t12-/m1/s1. The van der Waals surface area contributed by atoms with Crippen LogP contribution in [0, 0.1) is 11.6 Å². The van der Waals surface area contributed by atoms with Crippen LogP contribution in [-0.2, 0) is 6.54 Å². The van der Waals surface area contributed by atoms with Crippen LogP contribution in [0.3, 0.4) is 0 Å². The van der Waals surface area contributed by atoms with Gasteiger partial charge in [-0.1, -0.05) is 19.1 Å². The van der Waals surface area contributed by atoms with Crippen molar-refractivity contribution in [3.05, 3.63) is 70.8 Å². The highest BCUT2D eigenvalue weighted by Crippen LogP contribution is 2.09. The van der Waals surface area contributed by atoms with Crippen molar-refractivity contribution >= 4 is 11.8 Å². The van der Waals surface area contributed by atoms with Gasteiger partial charge in [0.1, 0.15) is 11.6 Å². The molecular formula is C19H20F2N2O2. The first-order chi connectivity index (χ1) is 11.9. The average Bonchev–Trinajstić information content (AvgIpc) is 2.59. The molecule has 4 nitrogen and oxygen atoms in total. The Labute approximate surface area is 145 Å². The second-order valence-corrected chi connectivity index (χ2v) is 5.82. The van der Waals surface area contributed by atoms with Crippen molar-refractivity contribution in [1.29, 1.82) is 0 Å². The molecule has 2 aromatic rings. The first kappa shape index (κ1) is 18.6. The van der Waals surface area contributed by atoms with E-state index in [2.05, 4.69) is 10.6 Å². The number of hydrogen-bond acceptors (Lipinski definition) is 2. The summed E-state index contributed by atoms with van der Waals surface area (Å²) in [5, 5.41) is 5.45. The fourth-order valence-corrected chi connectivity index (χ4v) is 2.15. The predicted molar refractivity (Wildman–Crippen MR) is 91.2 cm³/mol. The van der Waals surface area contributed by atoms with Crippen LogP contribution in [0.2, 0.25) is 0 Å². The number of nitrogens with one attached hydrogen (secondary N) is 2. The van der Waals surface area contributed by atoms with E-state index in [9.17, 15) is 18.4 Å². The van der Waals surface area contributed by atoms with Gasteiger partial charge in [-0.3, -0.25) is 9.59 Å². The Morgan fingerprint density at radius 2 is 1.56 bits per heavy atom. The zero-order valence-electron chi connectivity index (χ0n) is 14.1. The Kier molecular flexibility index (Phi) is 6.22. The number of carbonyl (C=O) groups excluding carboxylic acids is 2. The fraction of sp³-hybridized carbons (Fsp3) is 0.263. The van der Waals surface area contributed by atoms with E-state index in [1.165, 1.54) is 0 Å². The minimum absolute atomic E-state index is 0.0814. The second kappa shape index (κ2) is 8.37. The lowest BCUT2D eigenvalue weighted by molar-refractivity contribution is 0.0934. The van der Waals surface area contributed by atoms with Crippen LogP contribution in [0.5, 0.6) is 0 Å². The molecule has 6 heteroatoms. The number of halogens is 2. The highest BCUT2D eigenvalue weighted by molar-refractivity contribution is 5.95. The topological polar surface area (TPSA) is 58.2 Å². The van der Waals surface area contributed by atoms with Crippen molar-refractivity contribution in [2.45, 2.75) is 32.9 Å². The molecule has 1 atom stereocenters. The molecule has 132 valence electrons. The van der Waals surface area contributed by atoms with Crippen molar-refractivity contribution in [1.82, 2.24) is 10.6 Å². The van der Waals surface area contributed by atoms with Crippen LogP contribution in [0.15, 0.2) is 42.5 Å². The number of hydrogen-bond donors (Lipinski definition) is 2. The second-order valence-electron chi connectivity index (χ2n) is 5.82. The Balaban J connectivity index is 1.95. The lowest BCUT2D eigenvalue weighted by Gasteiger charge is -2.11. The summed E-state index contributed by atoms with van der Waals surface area (Å²) >= 11 is 0. The van der Waals surface area contributed by atoms with Crippen molar-refractivity contribution in [2.24, 2.45) is 0 Å². The molecule has 0 aliphatic heterocycles. The molecule has 0 fully saturated rings. The maximum absolute atomic E-state index is 13.1. The summed E-state index contributed by atoms with van der Waals surface area (Å²) in [6, 6.07) is 9.53. The normalized spacial score (nSPS) is 11.7. The van der Waals surface area contributed by atoms with Gasteiger partial charge in [-0.05, 0) is 43.2 Å². The maximum Gasteiger partial charge on any atom is 0.251 e. The molecule has 2 amide bonds. The van der Waals surface area contributed by atoms with E-state index in [4.69, 9.17) is 0 Å². The molecule has 0 aromatic heterocycles. The van der Waals surface area contributed by atoms with Gasteiger partial charge < -0.3 is 10.6 Å². The highest BCUT2D eigenvalue weighted by Gasteiger charge is 2.10. The van der Waals surface area contributed by atoms with Gasteiger partial charge in [-0.25, -0.2) is 8.78 Å². The van der Waals surface area contributed by atoms with E-state index < -0.39 is 17.5 Å². The summed E-state index contributed by atoms with van der Waals surface area (Å²) in [4.78, 5) is 23.9. The van der Waals surface area contributed by atoms with Crippen LogP contribution in [0.25, 0.3) is 0 Å². The van der Waals surface area contributed by atoms with Gasteiger partial charge in [0.2, 0.25) is 0 Å². The van der Waals surface area contributed by atoms with Crippen molar-refractivity contribution < 1.29 is 18.4 Å². The molecule has 0 unspecified atom stereocenters. The molecule has 0 spiro atoms.